The molecule has 98 valence electrons. The first-order valence-corrected chi connectivity index (χ1v) is 6.04. The molecule has 0 aliphatic heterocycles. The first kappa shape index (κ1) is 13.1. The first-order valence-electron chi connectivity index (χ1n) is 6.04. The maximum atomic E-state index is 11.9. The minimum atomic E-state index is -0.209. The van der Waals surface area contributed by atoms with E-state index in [0.29, 0.717) is 18.1 Å². The lowest BCUT2D eigenvalue weighted by Crippen LogP contribution is -2.23. The monoisotopic (exact) mass is 256 g/mol. The number of pyridine rings is 1. The molecule has 0 aliphatic rings. The normalized spacial score (nSPS) is 10.0. The summed E-state index contributed by atoms with van der Waals surface area (Å²) < 4.78 is 4.99. The maximum absolute atomic E-state index is 11.9. The van der Waals surface area contributed by atoms with Gasteiger partial charge in [0.2, 0.25) is 5.88 Å². The van der Waals surface area contributed by atoms with Crippen LogP contribution >= 0.6 is 0 Å². The van der Waals surface area contributed by atoms with Crippen molar-refractivity contribution in [3.63, 3.8) is 0 Å². The molecule has 0 unspecified atom stereocenters. The summed E-state index contributed by atoms with van der Waals surface area (Å²) in [7, 11) is 1.52. The van der Waals surface area contributed by atoms with E-state index in [1.54, 1.807) is 18.2 Å². The second-order valence-electron chi connectivity index (χ2n) is 4.23. The molecule has 2 aromatic rings. The Balaban J connectivity index is 1.99. The van der Waals surface area contributed by atoms with E-state index in [2.05, 4.69) is 10.3 Å². The Hall–Kier alpha value is -2.36. The van der Waals surface area contributed by atoms with E-state index in [9.17, 15) is 4.79 Å². The van der Waals surface area contributed by atoms with Crippen molar-refractivity contribution >= 4 is 5.91 Å². The molecule has 1 heterocycles. The van der Waals surface area contributed by atoms with Crippen molar-refractivity contribution in [1.82, 2.24) is 10.3 Å². The Bertz CT molecular complexity index is 565. The van der Waals surface area contributed by atoms with Crippen LogP contribution in [0.5, 0.6) is 5.88 Å². The van der Waals surface area contributed by atoms with Crippen molar-refractivity contribution in [1.29, 1.82) is 0 Å². The van der Waals surface area contributed by atoms with E-state index in [-0.39, 0.29) is 5.91 Å². The standard InChI is InChI=1S/C15H16N2O2/c1-11-6-8-12(9-7-11)10-16-15(18)13-4-3-5-14(17-13)19-2/h3-9H,10H2,1-2H3,(H,16,18). The van der Waals surface area contributed by atoms with Crippen LogP contribution in [-0.4, -0.2) is 18.0 Å². The number of aromatic nitrogens is 1. The zero-order valence-corrected chi connectivity index (χ0v) is 11.0. The summed E-state index contributed by atoms with van der Waals surface area (Å²) in [4.78, 5) is 16.0. The zero-order valence-electron chi connectivity index (χ0n) is 11.0. The second-order valence-corrected chi connectivity index (χ2v) is 4.23. The predicted molar refractivity (Wildman–Crippen MR) is 73.1 cm³/mol. The zero-order chi connectivity index (χ0) is 13.7. The molecule has 0 bridgehead atoms. The van der Waals surface area contributed by atoms with Crippen molar-refractivity contribution < 1.29 is 9.53 Å². The molecule has 0 aliphatic carbocycles. The van der Waals surface area contributed by atoms with Crippen LogP contribution in [0.15, 0.2) is 42.5 Å². The molecule has 1 amide bonds. The van der Waals surface area contributed by atoms with Crippen molar-refractivity contribution in [2.45, 2.75) is 13.5 Å². The number of benzene rings is 1. The van der Waals surface area contributed by atoms with E-state index < -0.39 is 0 Å². The molecule has 0 atom stereocenters. The Morgan fingerprint density at radius 2 is 1.95 bits per heavy atom. The predicted octanol–water partition coefficient (Wildman–Crippen LogP) is 2.33. The van der Waals surface area contributed by atoms with Gasteiger partial charge in [0.05, 0.1) is 7.11 Å². The Labute approximate surface area is 112 Å². The van der Waals surface area contributed by atoms with Crippen LogP contribution in [0.25, 0.3) is 0 Å². The Kier molecular flexibility index (Phi) is 4.13. The van der Waals surface area contributed by atoms with Crippen LogP contribution in [0.1, 0.15) is 21.6 Å². The van der Waals surface area contributed by atoms with Gasteiger partial charge in [0.25, 0.3) is 5.91 Å². The lowest BCUT2D eigenvalue weighted by molar-refractivity contribution is 0.0945. The van der Waals surface area contributed by atoms with Gasteiger partial charge >= 0.3 is 0 Å². The lowest BCUT2D eigenvalue weighted by atomic mass is 10.1. The summed E-state index contributed by atoms with van der Waals surface area (Å²) in [6.45, 7) is 2.51. The molecule has 0 fully saturated rings. The third kappa shape index (κ3) is 3.55. The van der Waals surface area contributed by atoms with Crippen LogP contribution in [0.4, 0.5) is 0 Å². The Morgan fingerprint density at radius 3 is 2.63 bits per heavy atom. The molecule has 0 spiro atoms. The quantitative estimate of drug-likeness (QED) is 0.913. The fraction of sp³-hybridized carbons (Fsp3) is 0.200. The van der Waals surface area contributed by atoms with Crippen molar-refractivity contribution in [3.8, 4) is 5.88 Å². The van der Waals surface area contributed by atoms with Gasteiger partial charge in [-0.05, 0) is 18.6 Å². The van der Waals surface area contributed by atoms with Gasteiger partial charge in [0, 0.05) is 12.6 Å². The van der Waals surface area contributed by atoms with Gasteiger partial charge in [-0.3, -0.25) is 4.79 Å². The van der Waals surface area contributed by atoms with Crippen LogP contribution in [0.3, 0.4) is 0 Å². The van der Waals surface area contributed by atoms with Gasteiger partial charge in [-0.15, -0.1) is 0 Å². The van der Waals surface area contributed by atoms with Crippen LogP contribution in [0.2, 0.25) is 0 Å². The number of carbonyl (C=O) groups excluding carboxylic acids is 1. The van der Waals surface area contributed by atoms with Crippen LogP contribution < -0.4 is 10.1 Å². The highest BCUT2D eigenvalue weighted by atomic mass is 16.5. The summed E-state index contributed by atoms with van der Waals surface area (Å²) >= 11 is 0. The van der Waals surface area contributed by atoms with Crippen molar-refractivity contribution in [3.05, 3.63) is 59.3 Å². The number of hydrogen-bond donors (Lipinski definition) is 1. The van der Waals surface area contributed by atoms with Gasteiger partial charge in [-0.25, -0.2) is 4.98 Å². The van der Waals surface area contributed by atoms with E-state index in [1.165, 1.54) is 12.7 Å². The number of carbonyl (C=O) groups is 1. The third-order valence-electron chi connectivity index (χ3n) is 2.74. The minimum Gasteiger partial charge on any atom is -0.481 e. The topological polar surface area (TPSA) is 51.2 Å². The highest BCUT2D eigenvalue weighted by Crippen LogP contribution is 2.07. The summed E-state index contributed by atoms with van der Waals surface area (Å²) in [5, 5.41) is 2.83. The molecule has 19 heavy (non-hydrogen) atoms. The number of rotatable bonds is 4. The average molecular weight is 256 g/mol. The molecule has 0 saturated heterocycles. The van der Waals surface area contributed by atoms with Gasteiger partial charge in [0.15, 0.2) is 0 Å². The smallest absolute Gasteiger partial charge is 0.270 e. The highest BCUT2D eigenvalue weighted by molar-refractivity contribution is 5.92. The highest BCUT2D eigenvalue weighted by Gasteiger charge is 2.07. The SMILES string of the molecule is COc1cccc(C(=O)NCc2ccc(C)cc2)n1. The minimum absolute atomic E-state index is 0.209. The number of aryl methyl sites for hydroxylation is 1. The van der Waals surface area contributed by atoms with E-state index >= 15 is 0 Å². The van der Waals surface area contributed by atoms with Crippen molar-refractivity contribution in [2.24, 2.45) is 0 Å². The molecule has 1 aromatic carbocycles. The van der Waals surface area contributed by atoms with E-state index in [4.69, 9.17) is 4.74 Å². The second kappa shape index (κ2) is 6.00. The summed E-state index contributed by atoms with van der Waals surface area (Å²) in [6.07, 6.45) is 0. The number of amides is 1. The van der Waals surface area contributed by atoms with Gasteiger partial charge in [-0.2, -0.15) is 0 Å². The number of ether oxygens (including phenoxy) is 1. The molecule has 1 aromatic heterocycles. The lowest BCUT2D eigenvalue weighted by Gasteiger charge is -2.06. The van der Waals surface area contributed by atoms with E-state index in [1.807, 2.05) is 31.2 Å². The third-order valence-corrected chi connectivity index (χ3v) is 2.74. The molecule has 0 saturated carbocycles. The number of methoxy groups -OCH3 is 1. The molecule has 4 heteroatoms. The van der Waals surface area contributed by atoms with Crippen molar-refractivity contribution in [2.75, 3.05) is 7.11 Å². The fourth-order valence-electron chi connectivity index (χ4n) is 1.63. The molecule has 1 N–H and O–H groups in total. The number of nitrogens with zero attached hydrogens (tertiary/aromatic N) is 1. The molecular weight excluding hydrogens is 240 g/mol. The fourth-order valence-corrected chi connectivity index (χ4v) is 1.63. The number of hydrogen-bond acceptors (Lipinski definition) is 3. The molecule has 4 nitrogen and oxygen atoms in total. The van der Waals surface area contributed by atoms with Crippen LogP contribution in [0, 0.1) is 6.92 Å². The average Bonchev–Trinajstić information content (AvgIpc) is 2.46. The van der Waals surface area contributed by atoms with Gasteiger partial charge in [-0.1, -0.05) is 35.9 Å². The number of nitrogens with one attached hydrogen (secondary N) is 1. The molecular formula is C15H16N2O2. The molecule has 0 radical (unpaired) electrons. The van der Waals surface area contributed by atoms with Gasteiger partial charge in [0.1, 0.15) is 5.69 Å². The largest absolute Gasteiger partial charge is 0.481 e. The van der Waals surface area contributed by atoms with E-state index in [0.717, 1.165) is 5.56 Å². The van der Waals surface area contributed by atoms with Crippen LogP contribution in [-0.2, 0) is 6.54 Å². The maximum Gasteiger partial charge on any atom is 0.270 e. The Morgan fingerprint density at radius 1 is 1.21 bits per heavy atom. The summed E-state index contributed by atoms with van der Waals surface area (Å²) in [6, 6.07) is 13.1. The molecule has 2 rings (SSSR count). The summed E-state index contributed by atoms with van der Waals surface area (Å²) in [5.74, 6) is 0.225. The van der Waals surface area contributed by atoms with Gasteiger partial charge < -0.3 is 10.1 Å². The first-order chi connectivity index (χ1) is 9.19. The summed E-state index contributed by atoms with van der Waals surface area (Å²) in [5.41, 5.74) is 2.61.